The number of hydrogen-bond donors (Lipinski definition) is 2. The third kappa shape index (κ3) is 5.62. The van der Waals surface area contributed by atoms with Gasteiger partial charge in [0.2, 0.25) is 5.91 Å². The molecule has 2 rings (SSSR count). The van der Waals surface area contributed by atoms with Crippen molar-refractivity contribution in [2.24, 2.45) is 5.73 Å². The summed E-state index contributed by atoms with van der Waals surface area (Å²) < 4.78 is 0. The fraction of sp³-hybridized carbons (Fsp3) is 0.600. The highest BCUT2D eigenvalue weighted by molar-refractivity contribution is 7.80. The van der Waals surface area contributed by atoms with Crippen LogP contribution in [0.3, 0.4) is 0 Å². The standard InChI is InChI=1S/C20H31N3O2S.ClH/c1-4-5-8-16-12-22(10-11-23(16)20(25)18(21)13-26)19(24)17-9-6-7-14(2)15(17)3;/h6-7,9,16,18,26H,4-5,8,10-13,21H2,1-3H3;1H/t16-,18?;/m0./s1. The number of halogens is 1. The Morgan fingerprint density at radius 2 is 2.00 bits per heavy atom. The van der Waals surface area contributed by atoms with Crippen LogP contribution >= 0.6 is 25.0 Å². The van der Waals surface area contributed by atoms with Crippen LogP contribution in [0.15, 0.2) is 18.2 Å². The van der Waals surface area contributed by atoms with Crippen LogP contribution in [-0.4, -0.2) is 59.1 Å². The molecular weight excluding hydrogens is 382 g/mol. The van der Waals surface area contributed by atoms with Crippen LogP contribution in [-0.2, 0) is 4.79 Å². The number of piperazine rings is 1. The summed E-state index contributed by atoms with van der Waals surface area (Å²) in [6, 6.07) is 5.28. The van der Waals surface area contributed by atoms with E-state index in [4.69, 9.17) is 5.73 Å². The van der Waals surface area contributed by atoms with E-state index >= 15 is 0 Å². The minimum absolute atomic E-state index is 0. The van der Waals surface area contributed by atoms with Crippen molar-refractivity contribution in [3.8, 4) is 0 Å². The van der Waals surface area contributed by atoms with Crippen molar-refractivity contribution < 1.29 is 9.59 Å². The highest BCUT2D eigenvalue weighted by atomic mass is 35.5. The average molecular weight is 414 g/mol. The molecule has 1 saturated heterocycles. The molecule has 1 aliphatic heterocycles. The number of nitrogens with two attached hydrogens (primary N) is 1. The zero-order valence-electron chi connectivity index (χ0n) is 16.5. The molecule has 2 N–H and O–H groups in total. The van der Waals surface area contributed by atoms with Crippen molar-refractivity contribution in [2.45, 2.75) is 52.1 Å². The highest BCUT2D eigenvalue weighted by Crippen LogP contribution is 2.21. The molecule has 1 aromatic carbocycles. The maximum atomic E-state index is 13.0. The minimum Gasteiger partial charge on any atom is -0.335 e. The Morgan fingerprint density at radius 1 is 1.30 bits per heavy atom. The molecule has 27 heavy (non-hydrogen) atoms. The Hall–Kier alpha value is -1.24. The summed E-state index contributed by atoms with van der Waals surface area (Å²) in [7, 11) is 0. The van der Waals surface area contributed by atoms with Gasteiger partial charge in [0.05, 0.1) is 6.04 Å². The minimum atomic E-state index is -0.580. The lowest BCUT2D eigenvalue weighted by Gasteiger charge is -2.42. The van der Waals surface area contributed by atoms with Crippen molar-refractivity contribution >= 4 is 36.9 Å². The Balaban J connectivity index is 0.00000364. The topological polar surface area (TPSA) is 66.6 Å². The molecule has 0 aliphatic carbocycles. The number of benzene rings is 1. The second-order valence-electron chi connectivity index (χ2n) is 7.12. The lowest BCUT2D eigenvalue weighted by atomic mass is 10.00. The van der Waals surface area contributed by atoms with Gasteiger partial charge >= 0.3 is 0 Å². The summed E-state index contributed by atoms with van der Waals surface area (Å²) in [5, 5.41) is 0. The predicted molar refractivity (Wildman–Crippen MR) is 116 cm³/mol. The Kier molecular flexibility index (Phi) is 9.63. The Morgan fingerprint density at radius 3 is 2.63 bits per heavy atom. The molecule has 1 aromatic rings. The first-order chi connectivity index (χ1) is 12.4. The molecule has 1 fully saturated rings. The normalized spacial score (nSPS) is 18.0. The van der Waals surface area contributed by atoms with Crippen LogP contribution in [0.4, 0.5) is 0 Å². The van der Waals surface area contributed by atoms with Crippen molar-refractivity contribution in [1.29, 1.82) is 0 Å². The van der Waals surface area contributed by atoms with E-state index in [0.29, 0.717) is 25.4 Å². The van der Waals surface area contributed by atoms with E-state index in [-0.39, 0.29) is 30.3 Å². The van der Waals surface area contributed by atoms with E-state index < -0.39 is 6.04 Å². The number of hydrogen-bond acceptors (Lipinski definition) is 4. The van der Waals surface area contributed by atoms with Crippen LogP contribution in [0, 0.1) is 13.8 Å². The number of nitrogens with zero attached hydrogens (tertiary/aromatic N) is 2. The van der Waals surface area contributed by atoms with E-state index in [1.807, 2.05) is 41.8 Å². The van der Waals surface area contributed by atoms with Crippen LogP contribution < -0.4 is 5.73 Å². The quantitative estimate of drug-likeness (QED) is 0.704. The van der Waals surface area contributed by atoms with Gasteiger partial charge in [-0.1, -0.05) is 31.9 Å². The van der Waals surface area contributed by atoms with Gasteiger partial charge in [-0.3, -0.25) is 9.59 Å². The summed E-state index contributed by atoms with van der Waals surface area (Å²) in [5.74, 6) is 0.333. The maximum Gasteiger partial charge on any atom is 0.254 e. The fourth-order valence-electron chi connectivity index (χ4n) is 3.46. The second kappa shape index (κ2) is 10.9. The maximum absolute atomic E-state index is 13.0. The molecule has 1 heterocycles. The third-order valence-corrected chi connectivity index (χ3v) is 5.69. The van der Waals surface area contributed by atoms with Crippen molar-refractivity contribution in [2.75, 3.05) is 25.4 Å². The predicted octanol–water partition coefficient (Wildman–Crippen LogP) is 2.83. The number of unbranched alkanes of at least 4 members (excludes halogenated alkanes) is 1. The molecular formula is C20H32ClN3O2S. The van der Waals surface area contributed by atoms with Gasteiger partial charge in [0, 0.05) is 37.0 Å². The van der Waals surface area contributed by atoms with E-state index in [9.17, 15) is 9.59 Å². The molecule has 1 unspecified atom stereocenters. The van der Waals surface area contributed by atoms with Crippen molar-refractivity contribution in [1.82, 2.24) is 9.80 Å². The molecule has 0 radical (unpaired) electrons. The second-order valence-corrected chi connectivity index (χ2v) is 7.48. The first-order valence-electron chi connectivity index (χ1n) is 9.43. The van der Waals surface area contributed by atoms with Gasteiger partial charge in [-0.15, -0.1) is 12.4 Å². The lowest BCUT2D eigenvalue weighted by Crippen LogP contribution is -2.59. The number of amides is 2. The fourth-order valence-corrected chi connectivity index (χ4v) is 3.62. The summed E-state index contributed by atoms with van der Waals surface area (Å²) in [4.78, 5) is 29.4. The Bertz CT molecular complexity index is 656. The largest absolute Gasteiger partial charge is 0.335 e. The molecule has 152 valence electrons. The van der Waals surface area contributed by atoms with Crippen molar-refractivity contribution in [3.05, 3.63) is 34.9 Å². The first kappa shape index (κ1) is 23.8. The summed E-state index contributed by atoms with van der Waals surface area (Å²) >= 11 is 4.16. The molecule has 0 aromatic heterocycles. The van der Waals surface area contributed by atoms with Crippen LogP contribution in [0.2, 0.25) is 0 Å². The van der Waals surface area contributed by atoms with Crippen LogP contribution in [0.5, 0.6) is 0 Å². The van der Waals surface area contributed by atoms with Crippen LogP contribution in [0.1, 0.15) is 47.7 Å². The van der Waals surface area contributed by atoms with Crippen molar-refractivity contribution in [3.63, 3.8) is 0 Å². The summed E-state index contributed by atoms with van der Waals surface area (Å²) in [6.07, 6.45) is 2.97. The van der Waals surface area contributed by atoms with Gasteiger partial charge in [0.25, 0.3) is 5.91 Å². The van der Waals surface area contributed by atoms with E-state index in [2.05, 4.69) is 19.6 Å². The number of aryl methyl sites for hydroxylation is 1. The smallest absolute Gasteiger partial charge is 0.254 e. The van der Waals surface area contributed by atoms with Gasteiger partial charge in [-0.05, 0) is 37.5 Å². The molecule has 0 bridgehead atoms. The third-order valence-electron chi connectivity index (χ3n) is 5.29. The molecule has 2 atom stereocenters. The zero-order chi connectivity index (χ0) is 19.3. The van der Waals surface area contributed by atoms with E-state index in [1.165, 1.54) is 0 Å². The van der Waals surface area contributed by atoms with Gasteiger partial charge in [0.15, 0.2) is 0 Å². The monoisotopic (exact) mass is 413 g/mol. The van der Waals surface area contributed by atoms with E-state index in [1.54, 1.807) is 0 Å². The van der Waals surface area contributed by atoms with Crippen LogP contribution in [0.25, 0.3) is 0 Å². The summed E-state index contributed by atoms with van der Waals surface area (Å²) in [6.45, 7) is 7.78. The number of carbonyl (C=O) groups is 2. The van der Waals surface area contributed by atoms with E-state index in [0.717, 1.165) is 36.0 Å². The Labute approximate surface area is 174 Å². The number of rotatable bonds is 6. The first-order valence-corrected chi connectivity index (χ1v) is 10.1. The molecule has 1 aliphatic rings. The average Bonchev–Trinajstić information content (AvgIpc) is 2.66. The summed E-state index contributed by atoms with van der Waals surface area (Å²) in [5.41, 5.74) is 8.81. The highest BCUT2D eigenvalue weighted by Gasteiger charge is 2.34. The molecule has 7 heteroatoms. The SMILES string of the molecule is CCCC[C@H]1CN(C(=O)c2cccc(C)c2C)CCN1C(=O)C(N)CS.Cl. The molecule has 0 spiro atoms. The van der Waals surface area contributed by atoms with Gasteiger partial charge in [-0.25, -0.2) is 0 Å². The van der Waals surface area contributed by atoms with Gasteiger partial charge in [-0.2, -0.15) is 12.6 Å². The number of thiol groups is 1. The molecule has 2 amide bonds. The zero-order valence-corrected chi connectivity index (χ0v) is 18.2. The van der Waals surface area contributed by atoms with Gasteiger partial charge < -0.3 is 15.5 Å². The lowest BCUT2D eigenvalue weighted by molar-refractivity contribution is -0.136. The number of carbonyl (C=O) groups excluding carboxylic acids is 2. The molecule has 5 nitrogen and oxygen atoms in total. The van der Waals surface area contributed by atoms with Gasteiger partial charge in [0.1, 0.15) is 0 Å². The molecule has 0 saturated carbocycles.